The zero-order valence-corrected chi connectivity index (χ0v) is 14.0. The molecule has 2 fully saturated rings. The summed E-state index contributed by atoms with van der Waals surface area (Å²) < 4.78 is 11.1. The van der Waals surface area contributed by atoms with E-state index in [-0.39, 0.29) is 17.7 Å². The van der Waals surface area contributed by atoms with E-state index in [1.54, 1.807) is 18.2 Å². The van der Waals surface area contributed by atoms with Gasteiger partial charge >= 0.3 is 6.03 Å². The molecule has 6 heteroatoms. The lowest BCUT2D eigenvalue weighted by Crippen LogP contribution is -2.56. The van der Waals surface area contributed by atoms with Gasteiger partial charge in [-0.25, -0.2) is 9.78 Å². The summed E-state index contributed by atoms with van der Waals surface area (Å²) in [5.74, 6) is 1.26. The minimum absolute atomic E-state index is 0.111. The normalized spacial score (nSPS) is 23.6. The van der Waals surface area contributed by atoms with Crippen molar-refractivity contribution in [1.29, 1.82) is 0 Å². The number of nitrogens with one attached hydrogen (secondary N) is 1. The lowest BCUT2D eigenvalue weighted by Gasteiger charge is -2.42. The summed E-state index contributed by atoms with van der Waals surface area (Å²) in [6, 6.07) is 3.87. The second-order valence-electron chi connectivity index (χ2n) is 7.01. The van der Waals surface area contributed by atoms with Gasteiger partial charge in [0, 0.05) is 13.3 Å². The Morgan fingerprint density at radius 2 is 2.30 bits per heavy atom. The van der Waals surface area contributed by atoms with Crippen LogP contribution in [0.5, 0.6) is 0 Å². The van der Waals surface area contributed by atoms with Crippen LogP contribution in [0, 0.1) is 0 Å². The van der Waals surface area contributed by atoms with Gasteiger partial charge in [0.05, 0.1) is 31.4 Å². The maximum Gasteiger partial charge on any atom is 0.323 e. The molecule has 1 aromatic rings. The molecule has 1 saturated carbocycles. The molecule has 0 bridgehead atoms. The van der Waals surface area contributed by atoms with Gasteiger partial charge in [-0.2, -0.15) is 0 Å². The van der Waals surface area contributed by atoms with Gasteiger partial charge in [-0.1, -0.05) is 0 Å². The Hall–Kier alpha value is -1.66. The minimum atomic E-state index is -0.387. The second kappa shape index (κ2) is 6.45. The van der Waals surface area contributed by atoms with Crippen LogP contribution >= 0.6 is 0 Å². The topological polar surface area (TPSA) is 63.7 Å². The molecule has 1 saturated heterocycles. The van der Waals surface area contributed by atoms with Crippen LogP contribution in [0.25, 0.3) is 0 Å². The quantitative estimate of drug-likeness (QED) is 0.926. The van der Waals surface area contributed by atoms with E-state index in [2.05, 4.69) is 10.3 Å². The molecule has 1 aliphatic carbocycles. The first-order valence-corrected chi connectivity index (χ1v) is 8.15. The number of morpholine rings is 1. The average Bonchev–Trinajstić information content (AvgIpc) is 3.31. The Morgan fingerprint density at radius 3 is 3.00 bits per heavy atom. The third-order valence-electron chi connectivity index (χ3n) is 4.19. The smallest absolute Gasteiger partial charge is 0.323 e. The number of urea groups is 1. The third kappa shape index (κ3) is 4.20. The van der Waals surface area contributed by atoms with E-state index in [1.807, 2.05) is 26.0 Å². The van der Waals surface area contributed by atoms with Crippen molar-refractivity contribution in [2.45, 2.75) is 44.3 Å². The molecular formula is C17H25N3O3. The minimum Gasteiger partial charge on any atom is -0.382 e. The van der Waals surface area contributed by atoms with Gasteiger partial charge in [-0.15, -0.1) is 0 Å². The van der Waals surface area contributed by atoms with Crippen molar-refractivity contribution >= 4 is 11.8 Å². The van der Waals surface area contributed by atoms with Gasteiger partial charge in [0.15, 0.2) is 0 Å². The molecule has 2 amide bonds. The van der Waals surface area contributed by atoms with E-state index in [0.29, 0.717) is 31.4 Å². The molecule has 2 aliphatic rings. The van der Waals surface area contributed by atoms with E-state index in [0.717, 1.165) is 0 Å². The van der Waals surface area contributed by atoms with Crippen LogP contribution in [0.1, 0.15) is 38.2 Å². The molecule has 1 N–H and O–H groups in total. The summed E-state index contributed by atoms with van der Waals surface area (Å²) in [6.07, 6.45) is 4.11. The van der Waals surface area contributed by atoms with Crippen LogP contribution in [0.2, 0.25) is 0 Å². The fourth-order valence-electron chi connectivity index (χ4n) is 3.10. The highest BCUT2D eigenvalue weighted by Gasteiger charge is 2.35. The Morgan fingerprint density at radius 1 is 1.52 bits per heavy atom. The number of amides is 2. The van der Waals surface area contributed by atoms with Gasteiger partial charge in [-0.05, 0) is 50.3 Å². The Bertz CT molecular complexity index is 572. The van der Waals surface area contributed by atoms with Crippen LogP contribution in [0.4, 0.5) is 10.6 Å². The summed E-state index contributed by atoms with van der Waals surface area (Å²) >= 11 is 0. The van der Waals surface area contributed by atoms with Crippen LogP contribution < -0.4 is 5.32 Å². The molecule has 0 aromatic carbocycles. The van der Waals surface area contributed by atoms with Crippen molar-refractivity contribution in [2.24, 2.45) is 0 Å². The number of hydrogen-bond donors (Lipinski definition) is 1. The van der Waals surface area contributed by atoms with Gasteiger partial charge in [0.1, 0.15) is 5.82 Å². The maximum atomic E-state index is 12.6. The molecular weight excluding hydrogens is 294 g/mol. The fourth-order valence-corrected chi connectivity index (χ4v) is 3.10. The molecule has 0 spiro atoms. The van der Waals surface area contributed by atoms with Crippen molar-refractivity contribution in [2.75, 3.05) is 32.1 Å². The summed E-state index contributed by atoms with van der Waals surface area (Å²) in [7, 11) is 1.64. The maximum absolute atomic E-state index is 12.6. The highest BCUT2D eigenvalue weighted by molar-refractivity contribution is 5.88. The lowest BCUT2D eigenvalue weighted by atomic mass is 10.1. The molecule has 2 heterocycles. The Labute approximate surface area is 137 Å². The largest absolute Gasteiger partial charge is 0.382 e. The Kier molecular flexibility index (Phi) is 4.55. The first-order chi connectivity index (χ1) is 11.0. The number of pyridine rings is 1. The summed E-state index contributed by atoms with van der Waals surface area (Å²) in [5.41, 5.74) is 0.872. The SMILES string of the molecule is COCC1CN(C(=O)Nc2cc(C3CC3)ccn2)CC(C)(C)O1. The van der Waals surface area contributed by atoms with Gasteiger partial charge in [0.25, 0.3) is 0 Å². The number of methoxy groups -OCH3 is 1. The van der Waals surface area contributed by atoms with Crippen molar-refractivity contribution in [3.8, 4) is 0 Å². The van der Waals surface area contributed by atoms with E-state index < -0.39 is 0 Å². The molecule has 23 heavy (non-hydrogen) atoms. The molecule has 1 aromatic heterocycles. The monoisotopic (exact) mass is 319 g/mol. The third-order valence-corrected chi connectivity index (χ3v) is 4.19. The van der Waals surface area contributed by atoms with Crippen LogP contribution in [-0.2, 0) is 9.47 Å². The van der Waals surface area contributed by atoms with Crippen molar-refractivity contribution in [3.05, 3.63) is 23.9 Å². The van der Waals surface area contributed by atoms with Crippen molar-refractivity contribution in [1.82, 2.24) is 9.88 Å². The first-order valence-electron chi connectivity index (χ1n) is 8.15. The second-order valence-corrected chi connectivity index (χ2v) is 7.01. The van der Waals surface area contributed by atoms with E-state index in [4.69, 9.17) is 9.47 Å². The number of carbonyl (C=O) groups excluding carboxylic acids is 1. The van der Waals surface area contributed by atoms with Crippen LogP contribution in [0.3, 0.4) is 0 Å². The van der Waals surface area contributed by atoms with E-state index >= 15 is 0 Å². The zero-order valence-electron chi connectivity index (χ0n) is 14.0. The van der Waals surface area contributed by atoms with Crippen molar-refractivity contribution < 1.29 is 14.3 Å². The number of carbonyl (C=O) groups is 1. The van der Waals surface area contributed by atoms with Crippen molar-refractivity contribution in [3.63, 3.8) is 0 Å². The highest BCUT2D eigenvalue weighted by Crippen LogP contribution is 2.40. The summed E-state index contributed by atoms with van der Waals surface area (Å²) in [4.78, 5) is 18.6. The molecule has 0 radical (unpaired) electrons. The molecule has 3 rings (SSSR count). The van der Waals surface area contributed by atoms with E-state index in [9.17, 15) is 4.79 Å². The fraction of sp³-hybridized carbons (Fsp3) is 0.647. The molecule has 6 nitrogen and oxygen atoms in total. The highest BCUT2D eigenvalue weighted by atomic mass is 16.5. The number of nitrogens with zero attached hydrogens (tertiary/aromatic N) is 2. The van der Waals surface area contributed by atoms with Crippen LogP contribution in [0.15, 0.2) is 18.3 Å². The van der Waals surface area contributed by atoms with Gasteiger partial charge in [0.2, 0.25) is 0 Å². The number of anilines is 1. The van der Waals surface area contributed by atoms with E-state index in [1.165, 1.54) is 18.4 Å². The molecule has 1 unspecified atom stereocenters. The number of rotatable bonds is 4. The molecule has 1 aliphatic heterocycles. The lowest BCUT2D eigenvalue weighted by molar-refractivity contribution is -0.141. The van der Waals surface area contributed by atoms with Crippen LogP contribution in [-0.4, -0.2) is 54.4 Å². The van der Waals surface area contributed by atoms with Gasteiger partial charge < -0.3 is 14.4 Å². The summed E-state index contributed by atoms with van der Waals surface area (Å²) in [5, 5.41) is 2.91. The predicted molar refractivity (Wildman–Crippen MR) is 87.6 cm³/mol. The predicted octanol–water partition coefficient (Wildman–Crippen LogP) is 2.62. The standard InChI is InChI=1S/C17H25N3O3/c1-17(2)11-20(9-14(23-17)10-22-3)16(21)19-15-8-13(6-7-18-15)12-4-5-12/h6-8,12,14H,4-5,9-11H2,1-3H3,(H,18,19,21). The molecule has 1 atom stereocenters. The average molecular weight is 319 g/mol. The first kappa shape index (κ1) is 16.2. The number of hydrogen-bond acceptors (Lipinski definition) is 4. The molecule has 126 valence electrons. The number of aromatic nitrogens is 1. The Balaban J connectivity index is 1.65. The summed E-state index contributed by atoms with van der Waals surface area (Å²) in [6.45, 7) is 5.51. The number of ether oxygens (including phenoxy) is 2. The zero-order chi connectivity index (χ0) is 16.4. The van der Waals surface area contributed by atoms with Gasteiger partial charge in [-0.3, -0.25) is 5.32 Å².